The number of hydrogen-bond donors (Lipinski definition) is 1. The Morgan fingerprint density at radius 1 is 1.00 bits per heavy atom. The molecule has 0 radical (unpaired) electrons. The van der Waals surface area contributed by atoms with E-state index in [2.05, 4.69) is 0 Å². The number of benzene rings is 2. The number of ether oxygens (including phenoxy) is 3. The minimum atomic E-state index is -1.39. The highest BCUT2D eigenvalue weighted by atomic mass is 16.6. The van der Waals surface area contributed by atoms with Gasteiger partial charge in [-0.05, 0) is 17.2 Å². The Morgan fingerprint density at radius 2 is 1.63 bits per heavy atom. The first kappa shape index (κ1) is 17.9. The monoisotopic (exact) mass is 366 g/mol. The Kier molecular flexibility index (Phi) is 5.07. The van der Waals surface area contributed by atoms with Crippen LogP contribution >= 0.6 is 0 Å². The zero-order chi connectivity index (χ0) is 18.7. The number of rotatable bonds is 7. The van der Waals surface area contributed by atoms with Crippen LogP contribution in [-0.2, 0) is 32.2 Å². The number of carbonyl (C=O) groups excluding carboxylic acids is 1. The average Bonchev–Trinajstić information content (AvgIpc) is 2.97. The Bertz CT molecular complexity index is 817. The summed E-state index contributed by atoms with van der Waals surface area (Å²) in [5.74, 6) is -0.109. The highest BCUT2D eigenvalue weighted by Gasteiger charge is 2.57. The molecule has 2 aromatic carbocycles. The van der Waals surface area contributed by atoms with E-state index in [1.165, 1.54) is 0 Å². The van der Waals surface area contributed by atoms with Crippen LogP contribution in [0.2, 0.25) is 0 Å². The van der Waals surface area contributed by atoms with Crippen LogP contribution in [0.25, 0.3) is 0 Å². The van der Waals surface area contributed by atoms with Crippen molar-refractivity contribution in [1.29, 1.82) is 0 Å². The summed E-state index contributed by atoms with van der Waals surface area (Å²) < 4.78 is 17.4. The molecule has 2 heterocycles. The maximum Gasteiger partial charge on any atom is 0.233 e. The predicted molar refractivity (Wildman–Crippen MR) is 98.6 cm³/mol. The van der Waals surface area contributed by atoms with Crippen LogP contribution in [0, 0.1) is 0 Å². The van der Waals surface area contributed by atoms with Crippen LogP contribution in [0.3, 0.4) is 0 Å². The van der Waals surface area contributed by atoms with Crippen molar-refractivity contribution >= 4 is 5.78 Å². The number of carbonyl (C=O) groups is 1. The zero-order valence-corrected chi connectivity index (χ0v) is 14.9. The molecule has 1 saturated heterocycles. The first-order valence-electron chi connectivity index (χ1n) is 9.08. The van der Waals surface area contributed by atoms with Crippen molar-refractivity contribution in [3.05, 3.63) is 83.6 Å². The molecule has 1 N–H and O–H groups in total. The third-order valence-corrected chi connectivity index (χ3v) is 4.97. The third-order valence-electron chi connectivity index (χ3n) is 4.97. The van der Waals surface area contributed by atoms with Gasteiger partial charge in [-0.3, -0.25) is 4.79 Å². The molecule has 0 unspecified atom stereocenters. The van der Waals surface area contributed by atoms with Gasteiger partial charge >= 0.3 is 0 Å². The molecule has 27 heavy (non-hydrogen) atoms. The predicted octanol–water partition coefficient (Wildman–Crippen LogP) is 2.78. The number of ketones is 1. The Balaban J connectivity index is 1.43. The summed E-state index contributed by atoms with van der Waals surface area (Å²) in [5.41, 5.74) is 0.581. The van der Waals surface area contributed by atoms with Gasteiger partial charge in [0.1, 0.15) is 6.61 Å². The fraction of sp³-hybridized carbons (Fsp3) is 0.318. The van der Waals surface area contributed by atoms with Gasteiger partial charge in [-0.15, -0.1) is 0 Å². The minimum absolute atomic E-state index is 0.00949. The van der Waals surface area contributed by atoms with Crippen molar-refractivity contribution in [2.24, 2.45) is 0 Å². The quantitative estimate of drug-likeness (QED) is 0.816. The fourth-order valence-corrected chi connectivity index (χ4v) is 3.51. The van der Waals surface area contributed by atoms with Crippen molar-refractivity contribution in [2.45, 2.75) is 37.4 Å². The lowest BCUT2D eigenvalue weighted by molar-refractivity contribution is -0.165. The molecule has 0 saturated carbocycles. The van der Waals surface area contributed by atoms with Crippen molar-refractivity contribution in [3.8, 4) is 0 Å². The topological polar surface area (TPSA) is 65.0 Å². The van der Waals surface area contributed by atoms with Gasteiger partial charge in [0.15, 0.2) is 11.4 Å². The molecule has 5 nitrogen and oxygen atoms in total. The van der Waals surface area contributed by atoms with E-state index in [9.17, 15) is 9.90 Å². The molecular formula is C22H22O5. The largest absolute Gasteiger partial charge is 0.485 e. The first-order valence-corrected chi connectivity index (χ1v) is 9.08. The van der Waals surface area contributed by atoms with Gasteiger partial charge in [0.2, 0.25) is 5.78 Å². The molecule has 2 bridgehead atoms. The normalized spacial score (nSPS) is 26.7. The lowest BCUT2D eigenvalue weighted by Crippen LogP contribution is -2.53. The van der Waals surface area contributed by atoms with Crippen molar-refractivity contribution in [3.63, 3.8) is 0 Å². The van der Waals surface area contributed by atoms with Crippen LogP contribution in [0.1, 0.15) is 17.5 Å². The Labute approximate surface area is 158 Å². The summed E-state index contributed by atoms with van der Waals surface area (Å²) in [6, 6.07) is 19.3. The zero-order valence-electron chi connectivity index (χ0n) is 14.9. The molecule has 140 valence electrons. The SMILES string of the molecule is O=C1C(OCc2ccccc2)=C[C@H]2C[C@@H](O)[C@]1(COCc1ccccc1)O2. The van der Waals surface area contributed by atoms with E-state index < -0.39 is 11.7 Å². The molecule has 2 aromatic rings. The van der Waals surface area contributed by atoms with Crippen LogP contribution in [0.5, 0.6) is 0 Å². The second-order valence-electron chi connectivity index (χ2n) is 6.91. The minimum Gasteiger partial charge on any atom is -0.485 e. The van der Waals surface area contributed by atoms with Gasteiger partial charge in [-0.1, -0.05) is 60.7 Å². The van der Waals surface area contributed by atoms with E-state index in [1.54, 1.807) is 6.08 Å². The van der Waals surface area contributed by atoms with Gasteiger partial charge in [-0.25, -0.2) is 0 Å². The van der Waals surface area contributed by atoms with Crippen LogP contribution in [-0.4, -0.2) is 35.3 Å². The van der Waals surface area contributed by atoms with Crippen LogP contribution in [0.15, 0.2) is 72.5 Å². The lowest BCUT2D eigenvalue weighted by atomic mass is 9.92. The van der Waals surface area contributed by atoms with E-state index in [1.807, 2.05) is 60.7 Å². The van der Waals surface area contributed by atoms with Crippen molar-refractivity contribution in [1.82, 2.24) is 0 Å². The number of aliphatic hydroxyl groups is 1. The fourth-order valence-electron chi connectivity index (χ4n) is 3.51. The van der Waals surface area contributed by atoms with Gasteiger partial charge in [0.25, 0.3) is 0 Å². The molecule has 2 aliphatic heterocycles. The third kappa shape index (κ3) is 3.67. The summed E-state index contributed by atoms with van der Waals surface area (Å²) in [4.78, 5) is 13.0. The molecule has 3 atom stereocenters. The van der Waals surface area contributed by atoms with Gasteiger partial charge in [0, 0.05) is 6.42 Å². The molecule has 5 heteroatoms. The number of Topliss-reactive ketones (excluding diaryl/α,β-unsaturated/α-hetero) is 1. The summed E-state index contributed by atoms with van der Waals surface area (Å²) in [6.07, 6.45) is 0.763. The van der Waals surface area contributed by atoms with Gasteiger partial charge < -0.3 is 19.3 Å². The van der Waals surface area contributed by atoms with Gasteiger partial charge in [-0.2, -0.15) is 0 Å². The number of hydrogen-bond acceptors (Lipinski definition) is 5. The van der Waals surface area contributed by atoms with E-state index in [-0.39, 0.29) is 24.3 Å². The Hall–Kier alpha value is -2.47. The summed E-state index contributed by atoms with van der Waals surface area (Å²) in [7, 11) is 0. The van der Waals surface area contributed by atoms with Crippen molar-refractivity contribution in [2.75, 3.05) is 6.61 Å². The van der Waals surface area contributed by atoms with Crippen LogP contribution < -0.4 is 0 Å². The van der Waals surface area contributed by atoms with E-state index in [0.717, 1.165) is 11.1 Å². The molecule has 4 rings (SSSR count). The second kappa shape index (κ2) is 7.64. The van der Waals surface area contributed by atoms with Crippen LogP contribution in [0.4, 0.5) is 0 Å². The van der Waals surface area contributed by atoms with E-state index >= 15 is 0 Å². The number of aliphatic hydroxyl groups excluding tert-OH is 1. The lowest BCUT2D eigenvalue weighted by Gasteiger charge is -2.33. The van der Waals surface area contributed by atoms with E-state index in [4.69, 9.17) is 14.2 Å². The van der Waals surface area contributed by atoms with E-state index in [0.29, 0.717) is 19.6 Å². The summed E-state index contributed by atoms with van der Waals surface area (Å²) in [5, 5.41) is 10.5. The van der Waals surface area contributed by atoms with Crippen molar-refractivity contribution < 1.29 is 24.1 Å². The molecule has 0 spiro atoms. The highest BCUT2D eigenvalue weighted by Crippen LogP contribution is 2.39. The number of fused-ring (bicyclic) bond motifs is 2. The average molecular weight is 366 g/mol. The molecule has 0 amide bonds. The highest BCUT2D eigenvalue weighted by molar-refractivity contribution is 6.02. The maximum absolute atomic E-state index is 13.0. The summed E-state index contributed by atoms with van der Waals surface area (Å²) in [6.45, 7) is 0.632. The molecule has 0 aromatic heterocycles. The summed E-state index contributed by atoms with van der Waals surface area (Å²) >= 11 is 0. The molecule has 2 aliphatic rings. The first-order chi connectivity index (χ1) is 13.2. The van der Waals surface area contributed by atoms with Gasteiger partial charge in [0.05, 0.1) is 25.4 Å². The standard InChI is InChI=1S/C22H22O5/c23-20-12-18-11-19(26-14-17-9-5-2-6-10-17)21(24)22(20,27-18)15-25-13-16-7-3-1-4-8-16/h1-11,18,20,23H,12-15H2/t18-,20+,22-/m0/s1. The maximum atomic E-state index is 13.0. The smallest absolute Gasteiger partial charge is 0.233 e. The molecule has 0 aliphatic carbocycles. The molecule has 1 fully saturated rings. The molecular weight excluding hydrogens is 344 g/mol. The Morgan fingerprint density at radius 3 is 2.30 bits per heavy atom. The second-order valence-corrected chi connectivity index (χ2v) is 6.91.